The van der Waals surface area contributed by atoms with E-state index >= 15 is 0 Å². The van der Waals surface area contributed by atoms with E-state index in [1.165, 1.54) is 12.1 Å². The molecule has 7 heteroatoms. The molecule has 1 amide bonds. The van der Waals surface area contributed by atoms with Gasteiger partial charge in [-0.1, -0.05) is 22.9 Å². The van der Waals surface area contributed by atoms with E-state index in [0.717, 1.165) is 13.0 Å². The largest absolute Gasteiger partial charge is 0.351 e. The summed E-state index contributed by atoms with van der Waals surface area (Å²) in [5, 5.41) is 16.7. The highest BCUT2D eigenvalue weighted by atomic mass is 79.9. The van der Waals surface area contributed by atoms with Crippen LogP contribution in [0.1, 0.15) is 23.7 Å². The van der Waals surface area contributed by atoms with Crippen molar-refractivity contribution in [3.63, 3.8) is 0 Å². The quantitative estimate of drug-likeness (QED) is 0.455. The van der Waals surface area contributed by atoms with Crippen LogP contribution in [-0.4, -0.2) is 30.5 Å². The SMILES string of the molecule is CCCNCCNC(=O)c1ccc(Br)cc1[N+](=O)[O-]. The van der Waals surface area contributed by atoms with Crippen molar-refractivity contribution in [2.75, 3.05) is 19.6 Å². The van der Waals surface area contributed by atoms with E-state index in [2.05, 4.69) is 33.5 Å². The van der Waals surface area contributed by atoms with E-state index in [1.807, 2.05) is 0 Å². The number of amides is 1. The molecule has 1 aromatic carbocycles. The third-order valence-electron chi connectivity index (χ3n) is 2.42. The summed E-state index contributed by atoms with van der Waals surface area (Å²) in [6.07, 6.45) is 1.02. The molecule has 104 valence electrons. The molecule has 1 aromatic rings. The number of carbonyl (C=O) groups is 1. The molecule has 0 fully saturated rings. The second kappa shape index (κ2) is 7.85. The van der Waals surface area contributed by atoms with Gasteiger partial charge in [-0.25, -0.2) is 0 Å². The van der Waals surface area contributed by atoms with Crippen molar-refractivity contribution in [2.24, 2.45) is 0 Å². The minimum atomic E-state index is -0.561. The molecular weight excluding hydrogens is 314 g/mol. The number of nitro benzene ring substituents is 1. The van der Waals surface area contributed by atoms with Crippen molar-refractivity contribution in [2.45, 2.75) is 13.3 Å². The van der Waals surface area contributed by atoms with E-state index in [0.29, 0.717) is 17.6 Å². The van der Waals surface area contributed by atoms with Crippen LogP contribution in [0.15, 0.2) is 22.7 Å². The molecule has 0 bridgehead atoms. The summed E-state index contributed by atoms with van der Waals surface area (Å²) < 4.78 is 0.570. The molecule has 0 heterocycles. The lowest BCUT2D eigenvalue weighted by Gasteiger charge is -2.06. The monoisotopic (exact) mass is 329 g/mol. The molecule has 0 aromatic heterocycles. The van der Waals surface area contributed by atoms with Gasteiger partial charge < -0.3 is 10.6 Å². The fraction of sp³-hybridized carbons (Fsp3) is 0.417. The smallest absolute Gasteiger partial charge is 0.283 e. The molecule has 0 saturated heterocycles. The van der Waals surface area contributed by atoms with Crippen LogP contribution in [0.4, 0.5) is 5.69 Å². The maximum atomic E-state index is 11.9. The molecule has 0 unspecified atom stereocenters. The summed E-state index contributed by atoms with van der Waals surface area (Å²) in [7, 11) is 0. The van der Waals surface area contributed by atoms with Crippen LogP contribution in [-0.2, 0) is 0 Å². The van der Waals surface area contributed by atoms with Gasteiger partial charge in [-0.3, -0.25) is 14.9 Å². The standard InChI is InChI=1S/C12H16BrN3O3/c1-2-5-14-6-7-15-12(17)10-4-3-9(13)8-11(10)16(18)19/h3-4,8,14H,2,5-7H2,1H3,(H,15,17). The Morgan fingerprint density at radius 2 is 2.11 bits per heavy atom. The molecule has 0 spiro atoms. The second-order valence-electron chi connectivity index (χ2n) is 3.92. The highest BCUT2D eigenvalue weighted by Gasteiger charge is 2.19. The Morgan fingerprint density at radius 3 is 2.74 bits per heavy atom. The first-order valence-corrected chi connectivity index (χ1v) is 6.78. The van der Waals surface area contributed by atoms with Crippen molar-refractivity contribution in [1.82, 2.24) is 10.6 Å². The lowest BCUT2D eigenvalue weighted by Crippen LogP contribution is -2.32. The van der Waals surface area contributed by atoms with Crippen molar-refractivity contribution in [3.05, 3.63) is 38.3 Å². The zero-order chi connectivity index (χ0) is 14.3. The summed E-state index contributed by atoms with van der Waals surface area (Å²) >= 11 is 3.15. The zero-order valence-corrected chi connectivity index (χ0v) is 12.2. The van der Waals surface area contributed by atoms with Crippen molar-refractivity contribution >= 4 is 27.5 Å². The van der Waals surface area contributed by atoms with Gasteiger partial charge in [0.25, 0.3) is 11.6 Å². The molecule has 1 rings (SSSR count). The number of nitrogens with one attached hydrogen (secondary N) is 2. The van der Waals surface area contributed by atoms with E-state index in [4.69, 9.17) is 0 Å². The lowest BCUT2D eigenvalue weighted by atomic mass is 10.1. The molecule has 6 nitrogen and oxygen atoms in total. The molecular formula is C12H16BrN3O3. The molecule has 0 aliphatic carbocycles. The van der Waals surface area contributed by atoms with Gasteiger partial charge in [0.05, 0.1) is 4.92 Å². The fourth-order valence-corrected chi connectivity index (χ4v) is 1.86. The topological polar surface area (TPSA) is 84.3 Å². The Bertz CT molecular complexity index is 466. The van der Waals surface area contributed by atoms with Crippen LogP contribution in [0.3, 0.4) is 0 Å². The fourth-order valence-electron chi connectivity index (χ4n) is 1.51. The summed E-state index contributed by atoms with van der Waals surface area (Å²) in [6.45, 7) is 4.01. The number of carbonyl (C=O) groups excluding carboxylic acids is 1. The van der Waals surface area contributed by atoms with Gasteiger partial charge in [0, 0.05) is 23.6 Å². The summed E-state index contributed by atoms with van der Waals surface area (Å²) in [5.41, 5.74) is -0.128. The molecule has 0 saturated carbocycles. The molecule has 0 atom stereocenters. The Balaban J connectivity index is 2.64. The van der Waals surface area contributed by atoms with Crippen LogP contribution in [0.2, 0.25) is 0 Å². The summed E-state index contributed by atoms with van der Waals surface area (Å²) in [5.74, 6) is -0.433. The second-order valence-corrected chi connectivity index (χ2v) is 4.84. The van der Waals surface area contributed by atoms with Gasteiger partial charge in [-0.15, -0.1) is 0 Å². The molecule has 0 aliphatic heterocycles. The van der Waals surface area contributed by atoms with Crippen LogP contribution in [0, 0.1) is 10.1 Å². The first kappa shape index (κ1) is 15.6. The first-order valence-electron chi connectivity index (χ1n) is 5.99. The van der Waals surface area contributed by atoms with E-state index < -0.39 is 10.8 Å². The molecule has 0 radical (unpaired) electrons. The average molecular weight is 330 g/mol. The van der Waals surface area contributed by atoms with E-state index in [9.17, 15) is 14.9 Å². The third kappa shape index (κ3) is 4.96. The highest BCUT2D eigenvalue weighted by Crippen LogP contribution is 2.23. The van der Waals surface area contributed by atoms with Gasteiger partial charge in [0.15, 0.2) is 0 Å². The number of hydrogen-bond acceptors (Lipinski definition) is 4. The maximum absolute atomic E-state index is 11.9. The zero-order valence-electron chi connectivity index (χ0n) is 10.6. The Morgan fingerprint density at radius 1 is 1.37 bits per heavy atom. The predicted molar refractivity (Wildman–Crippen MR) is 76.3 cm³/mol. The van der Waals surface area contributed by atoms with E-state index in [1.54, 1.807) is 6.07 Å². The maximum Gasteiger partial charge on any atom is 0.283 e. The number of rotatable bonds is 7. The van der Waals surface area contributed by atoms with E-state index in [-0.39, 0.29) is 11.3 Å². The predicted octanol–water partition coefficient (Wildman–Crippen LogP) is 2.09. The van der Waals surface area contributed by atoms with Gasteiger partial charge in [0.1, 0.15) is 5.56 Å². The normalized spacial score (nSPS) is 10.2. The highest BCUT2D eigenvalue weighted by molar-refractivity contribution is 9.10. The number of nitrogens with zero attached hydrogens (tertiary/aromatic N) is 1. The Hall–Kier alpha value is -1.47. The Kier molecular flexibility index (Phi) is 6.44. The first-order chi connectivity index (χ1) is 9.06. The molecule has 2 N–H and O–H groups in total. The number of nitro groups is 1. The van der Waals surface area contributed by atoms with Gasteiger partial charge in [0.2, 0.25) is 0 Å². The summed E-state index contributed by atoms with van der Waals surface area (Å²) in [6, 6.07) is 4.37. The van der Waals surface area contributed by atoms with Crippen LogP contribution in [0.5, 0.6) is 0 Å². The van der Waals surface area contributed by atoms with Crippen molar-refractivity contribution in [1.29, 1.82) is 0 Å². The van der Waals surface area contributed by atoms with Gasteiger partial charge >= 0.3 is 0 Å². The number of hydrogen-bond donors (Lipinski definition) is 2. The lowest BCUT2D eigenvalue weighted by molar-refractivity contribution is -0.385. The van der Waals surface area contributed by atoms with Crippen molar-refractivity contribution < 1.29 is 9.72 Å². The molecule has 0 aliphatic rings. The number of benzene rings is 1. The van der Waals surface area contributed by atoms with Crippen LogP contribution < -0.4 is 10.6 Å². The Labute approximate surface area is 119 Å². The van der Waals surface area contributed by atoms with Crippen LogP contribution >= 0.6 is 15.9 Å². The van der Waals surface area contributed by atoms with Gasteiger partial charge in [-0.2, -0.15) is 0 Å². The number of halogens is 1. The minimum Gasteiger partial charge on any atom is -0.351 e. The minimum absolute atomic E-state index is 0.0729. The molecule has 19 heavy (non-hydrogen) atoms. The third-order valence-corrected chi connectivity index (χ3v) is 2.91. The van der Waals surface area contributed by atoms with Crippen LogP contribution in [0.25, 0.3) is 0 Å². The van der Waals surface area contributed by atoms with Crippen molar-refractivity contribution in [3.8, 4) is 0 Å². The van der Waals surface area contributed by atoms with Gasteiger partial charge in [-0.05, 0) is 25.1 Å². The summed E-state index contributed by atoms with van der Waals surface area (Å²) in [4.78, 5) is 22.2. The average Bonchev–Trinajstić information content (AvgIpc) is 2.38.